The summed E-state index contributed by atoms with van der Waals surface area (Å²) in [4.78, 5) is 20.2. The van der Waals surface area contributed by atoms with Gasteiger partial charge < -0.3 is 19.4 Å². The minimum Gasteiger partial charge on any atom is -0.493 e. The molecule has 1 amide bonds. The van der Waals surface area contributed by atoms with E-state index in [0.29, 0.717) is 18.9 Å². The second-order valence-electron chi connectivity index (χ2n) is 9.84. The van der Waals surface area contributed by atoms with Gasteiger partial charge in [-0.15, -0.1) is 0 Å². The molecule has 0 N–H and O–H groups in total. The summed E-state index contributed by atoms with van der Waals surface area (Å²) in [6, 6.07) is 5.84. The second-order valence-corrected chi connectivity index (χ2v) is 10.2. The van der Waals surface area contributed by atoms with E-state index in [4.69, 9.17) is 16.3 Å². The fourth-order valence-electron chi connectivity index (χ4n) is 4.88. The number of nitrogens with zero attached hydrogens (tertiary/aromatic N) is 3. The third-order valence-corrected chi connectivity index (χ3v) is 7.43. The van der Waals surface area contributed by atoms with Crippen molar-refractivity contribution in [2.24, 2.45) is 11.3 Å². The Bertz CT molecular complexity index is 746. The predicted molar refractivity (Wildman–Crippen MR) is 121 cm³/mol. The molecule has 166 valence electrons. The molecule has 0 unspecified atom stereocenters. The van der Waals surface area contributed by atoms with Crippen LogP contribution in [-0.4, -0.2) is 80.1 Å². The Labute approximate surface area is 186 Å². The molecule has 3 aliphatic rings. The first-order chi connectivity index (χ1) is 14.4. The summed E-state index contributed by atoms with van der Waals surface area (Å²) in [7, 11) is 2.13. The van der Waals surface area contributed by atoms with Gasteiger partial charge in [-0.3, -0.25) is 4.79 Å². The molecule has 0 aromatic heterocycles. The maximum Gasteiger partial charge on any atom is 0.223 e. The number of aryl methyl sites for hydroxylation is 1. The second kappa shape index (κ2) is 9.46. The van der Waals surface area contributed by atoms with Gasteiger partial charge in [0, 0.05) is 56.1 Å². The van der Waals surface area contributed by atoms with Crippen LogP contribution in [0.25, 0.3) is 0 Å². The van der Waals surface area contributed by atoms with Gasteiger partial charge in [0.15, 0.2) is 0 Å². The van der Waals surface area contributed by atoms with E-state index < -0.39 is 0 Å². The van der Waals surface area contributed by atoms with Crippen molar-refractivity contribution in [3.63, 3.8) is 0 Å². The van der Waals surface area contributed by atoms with Crippen molar-refractivity contribution in [2.75, 3.05) is 59.5 Å². The number of amides is 1. The molecule has 1 aliphatic carbocycles. The van der Waals surface area contributed by atoms with Crippen LogP contribution >= 0.6 is 11.6 Å². The average molecular weight is 434 g/mol. The smallest absolute Gasteiger partial charge is 0.223 e. The number of hydrogen-bond donors (Lipinski definition) is 0. The van der Waals surface area contributed by atoms with E-state index in [1.54, 1.807) is 0 Å². The van der Waals surface area contributed by atoms with Crippen LogP contribution in [-0.2, 0) is 4.79 Å². The Morgan fingerprint density at radius 2 is 1.97 bits per heavy atom. The van der Waals surface area contributed by atoms with Crippen LogP contribution in [0.4, 0.5) is 0 Å². The fraction of sp³-hybridized carbons (Fsp3) is 0.708. The first-order valence-electron chi connectivity index (χ1n) is 11.5. The van der Waals surface area contributed by atoms with Gasteiger partial charge in [0.05, 0.1) is 6.61 Å². The average Bonchev–Trinajstić information content (AvgIpc) is 3.54. The molecule has 2 heterocycles. The van der Waals surface area contributed by atoms with Gasteiger partial charge in [0.2, 0.25) is 5.91 Å². The van der Waals surface area contributed by atoms with Crippen molar-refractivity contribution >= 4 is 17.5 Å². The highest BCUT2D eigenvalue weighted by molar-refractivity contribution is 6.31. The minimum atomic E-state index is -0.110. The highest BCUT2D eigenvalue weighted by Crippen LogP contribution is 2.38. The van der Waals surface area contributed by atoms with Crippen LogP contribution in [0.3, 0.4) is 0 Å². The summed E-state index contributed by atoms with van der Waals surface area (Å²) in [6.45, 7) is 9.51. The Hall–Kier alpha value is -1.30. The van der Waals surface area contributed by atoms with Gasteiger partial charge in [-0.1, -0.05) is 11.6 Å². The van der Waals surface area contributed by atoms with Crippen LogP contribution < -0.4 is 4.74 Å². The van der Waals surface area contributed by atoms with Crippen molar-refractivity contribution in [3.8, 4) is 5.75 Å². The Balaban J connectivity index is 1.45. The molecule has 0 spiro atoms. The van der Waals surface area contributed by atoms with Crippen LogP contribution in [0.2, 0.25) is 5.02 Å². The number of halogens is 1. The molecule has 0 bridgehead atoms. The molecule has 5 nitrogen and oxygen atoms in total. The van der Waals surface area contributed by atoms with E-state index >= 15 is 0 Å². The number of hydrogen-bond acceptors (Lipinski definition) is 4. The molecule has 1 atom stereocenters. The number of ether oxygens (including phenoxy) is 1. The number of piperazine rings is 1. The molecule has 1 saturated carbocycles. The SMILES string of the molecule is Cc1cc(OC[C@@]2(CC(=O)N3CCN(C)CC3)CCCN(CC3CC3)C2)ccc1Cl. The molecule has 2 saturated heterocycles. The van der Waals surface area contributed by atoms with Crippen molar-refractivity contribution in [1.29, 1.82) is 0 Å². The molecule has 0 radical (unpaired) electrons. The van der Waals surface area contributed by atoms with E-state index in [1.807, 2.05) is 25.1 Å². The van der Waals surface area contributed by atoms with E-state index in [0.717, 1.165) is 74.4 Å². The Morgan fingerprint density at radius 1 is 1.20 bits per heavy atom. The number of rotatable bonds is 7. The molecule has 3 fully saturated rings. The molecule has 1 aromatic rings. The standard InChI is InChI=1S/C24H36ClN3O2/c1-19-14-21(6-7-22(19)25)30-18-24(8-3-9-27(17-24)16-20-4-5-20)15-23(29)28-12-10-26(2)11-13-28/h6-7,14,20H,3-5,8-13,15-18H2,1-2H3/t24-/m1/s1. The van der Waals surface area contributed by atoms with E-state index in [-0.39, 0.29) is 5.41 Å². The monoisotopic (exact) mass is 433 g/mol. The number of likely N-dealkylation sites (tertiary alicyclic amines) is 1. The Kier molecular flexibility index (Phi) is 6.91. The number of carbonyl (C=O) groups excluding carboxylic acids is 1. The van der Waals surface area contributed by atoms with Gasteiger partial charge in [-0.05, 0) is 75.9 Å². The molecule has 6 heteroatoms. The number of piperidine rings is 1. The summed E-state index contributed by atoms with van der Waals surface area (Å²) in [5.74, 6) is 2.02. The van der Waals surface area contributed by atoms with Crippen LogP contribution in [0.15, 0.2) is 18.2 Å². The van der Waals surface area contributed by atoms with Gasteiger partial charge in [0.1, 0.15) is 5.75 Å². The zero-order chi connectivity index (χ0) is 21.1. The number of likely N-dealkylation sites (N-methyl/N-ethyl adjacent to an activating group) is 1. The minimum absolute atomic E-state index is 0.110. The molecule has 1 aromatic carbocycles. The number of benzene rings is 1. The molecule has 4 rings (SSSR count). The zero-order valence-corrected chi connectivity index (χ0v) is 19.3. The van der Waals surface area contributed by atoms with E-state index in [1.165, 1.54) is 19.4 Å². The summed E-state index contributed by atoms with van der Waals surface area (Å²) in [5, 5.41) is 0.760. The third-order valence-electron chi connectivity index (χ3n) is 7.01. The molecular weight excluding hydrogens is 398 g/mol. The highest BCUT2D eigenvalue weighted by Gasteiger charge is 2.41. The summed E-state index contributed by atoms with van der Waals surface area (Å²) >= 11 is 6.18. The normalized spacial score (nSPS) is 26.0. The maximum atomic E-state index is 13.2. The van der Waals surface area contributed by atoms with Crippen LogP contribution in [0.5, 0.6) is 5.75 Å². The van der Waals surface area contributed by atoms with Crippen molar-refractivity contribution < 1.29 is 9.53 Å². The molecular formula is C24H36ClN3O2. The third kappa shape index (κ3) is 5.68. The Morgan fingerprint density at radius 3 is 2.67 bits per heavy atom. The lowest BCUT2D eigenvalue weighted by atomic mass is 9.77. The first-order valence-corrected chi connectivity index (χ1v) is 11.9. The van der Waals surface area contributed by atoms with Gasteiger partial charge in [0.25, 0.3) is 0 Å². The van der Waals surface area contributed by atoms with Crippen LogP contribution in [0, 0.1) is 18.3 Å². The largest absolute Gasteiger partial charge is 0.493 e. The summed E-state index contributed by atoms with van der Waals surface area (Å²) < 4.78 is 6.29. The maximum absolute atomic E-state index is 13.2. The predicted octanol–water partition coefficient (Wildman–Crippen LogP) is 3.68. The lowest BCUT2D eigenvalue weighted by molar-refractivity contribution is -0.137. The topological polar surface area (TPSA) is 36.0 Å². The highest BCUT2D eigenvalue weighted by atomic mass is 35.5. The van der Waals surface area contributed by atoms with Gasteiger partial charge in [-0.25, -0.2) is 0 Å². The zero-order valence-electron chi connectivity index (χ0n) is 18.5. The summed E-state index contributed by atoms with van der Waals surface area (Å²) in [6.07, 6.45) is 5.52. The van der Waals surface area contributed by atoms with Crippen LogP contribution in [0.1, 0.15) is 37.7 Å². The van der Waals surface area contributed by atoms with Crippen molar-refractivity contribution in [2.45, 2.75) is 39.0 Å². The molecule has 30 heavy (non-hydrogen) atoms. The van der Waals surface area contributed by atoms with Crippen molar-refractivity contribution in [1.82, 2.24) is 14.7 Å². The molecule has 2 aliphatic heterocycles. The van der Waals surface area contributed by atoms with E-state index in [2.05, 4.69) is 21.7 Å². The lowest BCUT2D eigenvalue weighted by Gasteiger charge is -2.44. The number of carbonyl (C=O) groups is 1. The quantitative estimate of drug-likeness (QED) is 0.657. The summed E-state index contributed by atoms with van der Waals surface area (Å²) in [5.41, 5.74) is 0.914. The van der Waals surface area contributed by atoms with Crippen molar-refractivity contribution in [3.05, 3.63) is 28.8 Å². The van der Waals surface area contributed by atoms with Gasteiger partial charge >= 0.3 is 0 Å². The lowest BCUT2D eigenvalue weighted by Crippen LogP contribution is -2.52. The first kappa shape index (κ1) is 21.9. The van der Waals surface area contributed by atoms with Gasteiger partial charge in [-0.2, -0.15) is 0 Å². The fourth-order valence-corrected chi connectivity index (χ4v) is 4.99. The van der Waals surface area contributed by atoms with E-state index in [9.17, 15) is 4.79 Å².